The number of carbonyl (C=O) groups excluding carboxylic acids is 1. The predicted molar refractivity (Wildman–Crippen MR) is 73.6 cm³/mol. The lowest BCUT2D eigenvalue weighted by Gasteiger charge is -2.04. The van der Waals surface area contributed by atoms with Crippen LogP contribution in [0.15, 0.2) is 34.7 Å². The zero-order valence-electron chi connectivity index (χ0n) is 11.3. The summed E-state index contributed by atoms with van der Waals surface area (Å²) in [6.07, 6.45) is 0. The lowest BCUT2D eigenvalue weighted by molar-refractivity contribution is -0.135. The highest BCUT2D eigenvalue weighted by Gasteiger charge is 2.14. The molecular formula is C15H15NO4. The summed E-state index contributed by atoms with van der Waals surface area (Å²) in [5.74, 6) is -0.947. The monoisotopic (exact) mass is 273 g/mol. The molecule has 5 heteroatoms. The van der Waals surface area contributed by atoms with Crippen molar-refractivity contribution in [2.75, 3.05) is 6.54 Å². The number of carboxylic acid groups (broad SMARTS) is 1. The van der Waals surface area contributed by atoms with E-state index >= 15 is 0 Å². The summed E-state index contributed by atoms with van der Waals surface area (Å²) in [5.41, 5.74) is 3.06. The van der Waals surface area contributed by atoms with E-state index in [1.165, 1.54) is 6.07 Å². The predicted octanol–water partition coefficient (Wildman–Crippen LogP) is 2.38. The van der Waals surface area contributed by atoms with Crippen LogP contribution in [-0.2, 0) is 4.79 Å². The molecule has 0 atom stereocenters. The summed E-state index contributed by atoms with van der Waals surface area (Å²) in [5, 5.41) is 10.8. The van der Waals surface area contributed by atoms with Crippen LogP contribution in [0.25, 0.3) is 11.3 Å². The SMILES string of the molecule is Cc1ccc(C)c(-c2ccc(C(=O)NCC(=O)O)o2)c1. The first-order valence-corrected chi connectivity index (χ1v) is 6.15. The van der Waals surface area contributed by atoms with Gasteiger partial charge in [0.25, 0.3) is 5.91 Å². The molecule has 2 rings (SSSR count). The second-order valence-corrected chi connectivity index (χ2v) is 4.56. The van der Waals surface area contributed by atoms with Gasteiger partial charge in [-0.1, -0.05) is 17.7 Å². The standard InChI is InChI=1S/C15H15NO4/c1-9-3-4-10(2)11(7-9)12-5-6-13(20-12)15(19)16-8-14(17)18/h3-7H,8H2,1-2H3,(H,16,19)(H,17,18). The highest BCUT2D eigenvalue weighted by Crippen LogP contribution is 2.26. The number of carboxylic acids is 1. The van der Waals surface area contributed by atoms with E-state index in [9.17, 15) is 9.59 Å². The summed E-state index contributed by atoms with van der Waals surface area (Å²) in [7, 11) is 0. The van der Waals surface area contributed by atoms with Gasteiger partial charge in [0, 0.05) is 5.56 Å². The number of aryl methyl sites for hydroxylation is 2. The molecule has 2 N–H and O–H groups in total. The molecule has 0 radical (unpaired) electrons. The van der Waals surface area contributed by atoms with E-state index < -0.39 is 18.4 Å². The summed E-state index contributed by atoms with van der Waals surface area (Å²) in [6.45, 7) is 3.51. The van der Waals surface area contributed by atoms with Gasteiger partial charge >= 0.3 is 5.97 Å². The van der Waals surface area contributed by atoms with E-state index in [-0.39, 0.29) is 5.76 Å². The van der Waals surface area contributed by atoms with E-state index in [4.69, 9.17) is 9.52 Å². The molecule has 0 unspecified atom stereocenters. The Bertz CT molecular complexity index is 658. The van der Waals surface area contributed by atoms with Crippen LogP contribution in [0.5, 0.6) is 0 Å². The van der Waals surface area contributed by atoms with Gasteiger partial charge < -0.3 is 14.8 Å². The fourth-order valence-corrected chi connectivity index (χ4v) is 1.85. The first kappa shape index (κ1) is 13.9. The molecule has 0 aliphatic heterocycles. The van der Waals surface area contributed by atoms with Crippen LogP contribution in [0.2, 0.25) is 0 Å². The highest BCUT2D eigenvalue weighted by molar-refractivity contribution is 5.93. The number of amides is 1. The Labute approximate surface area is 116 Å². The van der Waals surface area contributed by atoms with Crippen molar-refractivity contribution < 1.29 is 19.1 Å². The molecule has 20 heavy (non-hydrogen) atoms. The topological polar surface area (TPSA) is 79.5 Å². The summed E-state index contributed by atoms with van der Waals surface area (Å²) >= 11 is 0. The van der Waals surface area contributed by atoms with Crippen LogP contribution < -0.4 is 5.32 Å². The first-order chi connectivity index (χ1) is 9.47. The van der Waals surface area contributed by atoms with E-state index in [2.05, 4.69) is 5.32 Å². The summed E-state index contributed by atoms with van der Waals surface area (Å²) < 4.78 is 5.49. The normalized spacial score (nSPS) is 10.3. The largest absolute Gasteiger partial charge is 0.480 e. The van der Waals surface area contributed by atoms with Crippen LogP contribution in [0.3, 0.4) is 0 Å². The van der Waals surface area contributed by atoms with Crippen LogP contribution in [0.4, 0.5) is 0 Å². The molecule has 0 saturated heterocycles. The van der Waals surface area contributed by atoms with E-state index in [1.54, 1.807) is 6.07 Å². The molecule has 0 fully saturated rings. The Morgan fingerprint density at radius 2 is 1.95 bits per heavy atom. The smallest absolute Gasteiger partial charge is 0.322 e. The van der Waals surface area contributed by atoms with Crippen LogP contribution in [0, 0.1) is 13.8 Å². The van der Waals surface area contributed by atoms with Crippen molar-refractivity contribution in [3.8, 4) is 11.3 Å². The first-order valence-electron chi connectivity index (χ1n) is 6.15. The molecule has 0 saturated carbocycles. The minimum Gasteiger partial charge on any atom is -0.480 e. The van der Waals surface area contributed by atoms with Crippen molar-refractivity contribution in [1.29, 1.82) is 0 Å². The Kier molecular flexibility index (Phi) is 3.89. The van der Waals surface area contributed by atoms with Gasteiger partial charge in [0.15, 0.2) is 5.76 Å². The maximum Gasteiger partial charge on any atom is 0.322 e. The average Bonchev–Trinajstić information content (AvgIpc) is 2.88. The number of carbonyl (C=O) groups is 2. The molecule has 1 aromatic carbocycles. The van der Waals surface area contributed by atoms with Crippen LogP contribution >= 0.6 is 0 Å². The van der Waals surface area contributed by atoms with Crippen molar-refractivity contribution >= 4 is 11.9 Å². The Morgan fingerprint density at radius 1 is 1.20 bits per heavy atom. The molecule has 0 spiro atoms. The van der Waals surface area contributed by atoms with Gasteiger partial charge in [-0.2, -0.15) is 0 Å². The zero-order valence-corrected chi connectivity index (χ0v) is 11.3. The Balaban J connectivity index is 2.22. The quantitative estimate of drug-likeness (QED) is 0.896. The number of furan rings is 1. The maximum atomic E-state index is 11.7. The third-order valence-corrected chi connectivity index (χ3v) is 2.89. The van der Waals surface area contributed by atoms with Gasteiger partial charge in [0.2, 0.25) is 0 Å². The molecular weight excluding hydrogens is 258 g/mol. The van der Waals surface area contributed by atoms with Gasteiger partial charge in [-0.15, -0.1) is 0 Å². The van der Waals surface area contributed by atoms with Crippen LogP contribution in [0.1, 0.15) is 21.7 Å². The van der Waals surface area contributed by atoms with Gasteiger partial charge in [-0.3, -0.25) is 9.59 Å². The third kappa shape index (κ3) is 3.06. The number of hydrogen-bond donors (Lipinski definition) is 2. The molecule has 104 valence electrons. The summed E-state index contributed by atoms with van der Waals surface area (Å²) in [6, 6.07) is 9.21. The number of benzene rings is 1. The third-order valence-electron chi connectivity index (χ3n) is 2.89. The van der Waals surface area contributed by atoms with Crippen molar-refractivity contribution in [3.05, 3.63) is 47.2 Å². The molecule has 1 amide bonds. The number of aliphatic carboxylic acids is 1. The second kappa shape index (κ2) is 5.61. The minimum atomic E-state index is -1.10. The minimum absolute atomic E-state index is 0.0992. The van der Waals surface area contributed by atoms with Crippen LogP contribution in [-0.4, -0.2) is 23.5 Å². The number of hydrogen-bond acceptors (Lipinski definition) is 3. The molecule has 5 nitrogen and oxygen atoms in total. The number of nitrogens with one attached hydrogen (secondary N) is 1. The van der Waals surface area contributed by atoms with Crippen molar-refractivity contribution in [1.82, 2.24) is 5.32 Å². The van der Waals surface area contributed by atoms with E-state index in [0.717, 1.165) is 16.7 Å². The van der Waals surface area contributed by atoms with Crippen molar-refractivity contribution in [2.24, 2.45) is 0 Å². The van der Waals surface area contributed by atoms with Gasteiger partial charge in [0.1, 0.15) is 12.3 Å². The zero-order chi connectivity index (χ0) is 14.7. The Hall–Kier alpha value is -2.56. The van der Waals surface area contributed by atoms with Gasteiger partial charge in [-0.05, 0) is 37.6 Å². The average molecular weight is 273 g/mol. The number of rotatable bonds is 4. The fourth-order valence-electron chi connectivity index (χ4n) is 1.85. The molecule has 0 aliphatic carbocycles. The van der Waals surface area contributed by atoms with E-state index in [1.807, 2.05) is 32.0 Å². The van der Waals surface area contributed by atoms with Crippen molar-refractivity contribution in [3.63, 3.8) is 0 Å². The van der Waals surface area contributed by atoms with Gasteiger partial charge in [-0.25, -0.2) is 0 Å². The fraction of sp³-hybridized carbons (Fsp3) is 0.200. The molecule has 2 aromatic rings. The lowest BCUT2D eigenvalue weighted by Crippen LogP contribution is -2.28. The summed E-state index contributed by atoms with van der Waals surface area (Å²) in [4.78, 5) is 22.1. The molecule has 1 aromatic heterocycles. The maximum absolute atomic E-state index is 11.7. The molecule has 0 aliphatic rings. The Morgan fingerprint density at radius 3 is 2.65 bits per heavy atom. The van der Waals surface area contributed by atoms with E-state index in [0.29, 0.717) is 5.76 Å². The molecule has 1 heterocycles. The van der Waals surface area contributed by atoms with Crippen molar-refractivity contribution in [2.45, 2.75) is 13.8 Å². The molecule has 0 bridgehead atoms. The second-order valence-electron chi connectivity index (χ2n) is 4.56. The lowest BCUT2D eigenvalue weighted by atomic mass is 10.0. The van der Waals surface area contributed by atoms with Gasteiger partial charge in [0.05, 0.1) is 0 Å². The highest BCUT2D eigenvalue weighted by atomic mass is 16.4.